The van der Waals surface area contributed by atoms with Gasteiger partial charge >= 0.3 is 0 Å². The Morgan fingerprint density at radius 2 is 1.06 bits per heavy atom. The first-order valence-electron chi connectivity index (χ1n) is 18.1. The predicted octanol–water partition coefficient (Wildman–Crippen LogP) is 14.1. The average Bonchev–Trinajstić information content (AvgIpc) is 3.76. The van der Waals surface area contributed by atoms with Gasteiger partial charge in [-0.05, 0) is 100 Å². The maximum absolute atomic E-state index is 6.16. The van der Waals surface area contributed by atoms with Crippen LogP contribution < -0.4 is 4.90 Å². The van der Waals surface area contributed by atoms with Crippen LogP contribution in [0.15, 0.2) is 199 Å². The summed E-state index contributed by atoms with van der Waals surface area (Å²) in [4.78, 5) is 2.39. The Morgan fingerprint density at radius 3 is 1.94 bits per heavy atom. The largest absolute Gasteiger partial charge is 0.456 e. The first-order valence-corrected chi connectivity index (χ1v) is 18.1. The monoisotopic (exact) mass is 676 g/mol. The highest BCUT2D eigenvalue weighted by molar-refractivity contribution is 6.13. The lowest BCUT2D eigenvalue weighted by Crippen LogP contribution is -2.10. The minimum absolute atomic E-state index is 0.908. The van der Waals surface area contributed by atoms with Crippen LogP contribution in [0.25, 0.3) is 82.1 Å². The maximum atomic E-state index is 6.16. The van der Waals surface area contributed by atoms with Gasteiger partial charge in [-0.1, -0.05) is 121 Å². The summed E-state index contributed by atoms with van der Waals surface area (Å²) >= 11 is 0. The molecule has 2 aromatic heterocycles. The van der Waals surface area contributed by atoms with Gasteiger partial charge in [0.1, 0.15) is 11.2 Å². The second-order valence-corrected chi connectivity index (χ2v) is 13.8. The molecule has 53 heavy (non-hydrogen) atoms. The molecule has 0 radical (unpaired) electrons. The molecule has 3 heteroatoms. The molecule has 0 atom stereocenters. The fourth-order valence-electron chi connectivity index (χ4n) is 8.24. The van der Waals surface area contributed by atoms with Crippen LogP contribution in [0.1, 0.15) is 0 Å². The second kappa shape index (κ2) is 11.7. The van der Waals surface area contributed by atoms with Crippen molar-refractivity contribution >= 4 is 82.4 Å². The Labute approximate surface area is 306 Å². The van der Waals surface area contributed by atoms with Gasteiger partial charge in [0, 0.05) is 44.0 Å². The smallest absolute Gasteiger partial charge is 0.135 e. The first-order chi connectivity index (χ1) is 26.3. The summed E-state index contributed by atoms with van der Waals surface area (Å²) < 4.78 is 8.60. The minimum atomic E-state index is 0.908. The average molecular weight is 677 g/mol. The summed E-state index contributed by atoms with van der Waals surface area (Å²) in [6, 6.07) is 70.0. The third-order valence-electron chi connectivity index (χ3n) is 10.7. The Morgan fingerprint density at radius 1 is 0.358 bits per heavy atom. The number of furan rings is 1. The molecular formula is C50H32N2O. The first kappa shape index (κ1) is 29.6. The zero-order valence-electron chi connectivity index (χ0n) is 28.8. The Hall–Kier alpha value is -7.10. The van der Waals surface area contributed by atoms with E-state index in [4.69, 9.17) is 4.42 Å². The van der Waals surface area contributed by atoms with Gasteiger partial charge in [0.25, 0.3) is 0 Å². The molecule has 248 valence electrons. The van der Waals surface area contributed by atoms with Crippen LogP contribution in [-0.2, 0) is 0 Å². The molecule has 0 aliphatic rings. The molecule has 9 aromatic carbocycles. The summed E-state index contributed by atoms with van der Waals surface area (Å²) in [5.41, 5.74) is 11.0. The zero-order valence-corrected chi connectivity index (χ0v) is 28.8. The summed E-state index contributed by atoms with van der Waals surface area (Å²) in [5, 5.41) is 9.57. The molecule has 11 rings (SSSR count). The van der Waals surface area contributed by atoms with Crippen molar-refractivity contribution in [2.45, 2.75) is 0 Å². The molecule has 0 unspecified atom stereocenters. The molecule has 0 aliphatic heterocycles. The fourth-order valence-corrected chi connectivity index (χ4v) is 8.24. The van der Waals surface area contributed by atoms with E-state index in [9.17, 15) is 0 Å². The predicted molar refractivity (Wildman–Crippen MR) is 223 cm³/mol. The van der Waals surface area contributed by atoms with Crippen LogP contribution >= 0.6 is 0 Å². The Bertz CT molecular complexity index is 3180. The molecule has 0 saturated heterocycles. The topological polar surface area (TPSA) is 21.3 Å². The molecule has 0 fully saturated rings. The van der Waals surface area contributed by atoms with Crippen molar-refractivity contribution < 1.29 is 4.42 Å². The van der Waals surface area contributed by atoms with Gasteiger partial charge in [-0.25, -0.2) is 0 Å². The number of anilines is 3. The number of benzene rings is 9. The van der Waals surface area contributed by atoms with Crippen molar-refractivity contribution in [1.82, 2.24) is 4.57 Å². The standard InChI is InChI=1S/C50H32N2O/c1-2-15-38(16-3-1)51(46-19-10-14-34-12-6-7-17-41(34)46)40-25-26-42-44-30-36(37-23-28-50-45(31-37)43-18-8-9-20-49(43)53-50)22-27-47(44)52(48(42)32-40)39-24-21-33-11-4-5-13-35(33)29-39/h1-32H. The van der Waals surface area contributed by atoms with Crippen molar-refractivity contribution in [1.29, 1.82) is 0 Å². The van der Waals surface area contributed by atoms with E-state index in [-0.39, 0.29) is 0 Å². The van der Waals surface area contributed by atoms with E-state index in [0.29, 0.717) is 0 Å². The van der Waals surface area contributed by atoms with E-state index in [0.717, 1.165) is 50.2 Å². The van der Waals surface area contributed by atoms with Gasteiger partial charge in [0.2, 0.25) is 0 Å². The Kier molecular flexibility index (Phi) is 6.55. The quantitative estimate of drug-likeness (QED) is 0.181. The lowest BCUT2D eigenvalue weighted by Gasteiger charge is -2.27. The molecule has 2 heterocycles. The van der Waals surface area contributed by atoms with Crippen LogP contribution in [0.2, 0.25) is 0 Å². The van der Waals surface area contributed by atoms with Crippen molar-refractivity contribution in [2.24, 2.45) is 0 Å². The molecule has 11 aromatic rings. The number of fused-ring (bicyclic) bond motifs is 8. The van der Waals surface area contributed by atoms with Gasteiger partial charge < -0.3 is 13.9 Å². The molecule has 0 N–H and O–H groups in total. The third-order valence-corrected chi connectivity index (χ3v) is 10.7. The Balaban J connectivity index is 1.16. The van der Waals surface area contributed by atoms with Gasteiger partial charge in [-0.2, -0.15) is 0 Å². The molecule has 0 aliphatic carbocycles. The lowest BCUT2D eigenvalue weighted by atomic mass is 10.0. The number of nitrogens with zero attached hydrogens (tertiary/aromatic N) is 2. The molecule has 0 spiro atoms. The number of aromatic nitrogens is 1. The van der Waals surface area contributed by atoms with E-state index < -0.39 is 0 Å². The highest BCUT2D eigenvalue weighted by Gasteiger charge is 2.20. The minimum Gasteiger partial charge on any atom is -0.456 e. The van der Waals surface area contributed by atoms with Crippen LogP contribution in [0, 0.1) is 0 Å². The third kappa shape index (κ3) is 4.75. The summed E-state index contributed by atoms with van der Waals surface area (Å²) in [5.74, 6) is 0. The van der Waals surface area contributed by atoms with Gasteiger partial charge in [-0.3, -0.25) is 0 Å². The molecule has 3 nitrogen and oxygen atoms in total. The molecule has 0 saturated carbocycles. The summed E-state index contributed by atoms with van der Waals surface area (Å²) in [6.07, 6.45) is 0. The van der Waals surface area contributed by atoms with E-state index in [1.165, 1.54) is 49.0 Å². The molecule has 0 bridgehead atoms. The molecular weight excluding hydrogens is 645 g/mol. The number of para-hydroxylation sites is 2. The highest BCUT2D eigenvalue weighted by atomic mass is 16.3. The van der Waals surface area contributed by atoms with E-state index in [1.807, 2.05) is 12.1 Å². The van der Waals surface area contributed by atoms with Crippen LogP contribution in [-0.4, -0.2) is 4.57 Å². The van der Waals surface area contributed by atoms with Crippen LogP contribution in [0.5, 0.6) is 0 Å². The van der Waals surface area contributed by atoms with Crippen molar-refractivity contribution in [2.75, 3.05) is 4.90 Å². The van der Waals surface area contributed by atoms with Gasteiger partial charge in [0.15, 0.2) is 0 Å². The number of hydrogen-bond donors (Lipinski definition) is 0. The number of hydrogen-bond acceptors (Lipinski definition) is 2. The van der Waals surface area contributed by atoms with Gasteiger partial charge in [0.05, 0.1) is 16.7 Å². The van der Waals surface area contributed by atoms with Crippen molar-refractivity contribution in [3.05, 3.63) is 194 Å². The number of rotatable bonds is 5. The summed E-state index contributed by atoms with van der Waals surface area (Å²) in [6.45, 7) is 0. The highest BCUT2D eigenvalue weighted by Crippen LogP contribution is 2.43. The SMILES string of the molecule is c1ccc(N(c2ccc3c4cc(-c5ccc6oc7ccccc7c6c5)ccc4n(-c4ccc5ccccc5c4)c3c2)c2cccc3ccccc23)cc1. The maximum Gasteiger partial charge on any atom is 0.135 e. The lowest BCUT2D eigenvalue weighted by molar-refractivity contribution is 0.669. The fraction of sp³-hybridized carbons (Fsp3) is 0. The van der Waals surface area contributed by atoms with Crippen LogP contribution in [0.4, 0.5) is 17.1 Å². The van der Waals surface area contributed by atoms with Gasteiger partial charge in [-0.15, -0.1) is 0 Å². The zero-order chi connectivity index (χ0) is 34.9. The van der Waals surface area contributed by atoms with Crippen LogP contribution in [0.3, 0.4) is 0 Å². The van der Waals surface area contributed by atoms with E-state index in [2.05, 4.69) is 191 Å². The van der Waals surface area contributed by atoms with E-state index in [1.54, 1.807) is 0 Å². The normalized spacial score (nSPS) is 11.8. The molecule has 0 amide bonds. The van der Waals surface area contributed by atoms with Crippen molar-refractivity contribution in [3.63, 3.8) is 0 Å². The van der Waals surface area contributed by atoms with Crippen molar-refractivity contribution in [3.8, 4) is 16.8 Å². The van der Waals surface area contributed by atoms with E-state index >= 15 is 0 Å². The second-order valence-electron chi connectivity index (χ2n) is 13.8. The summed E-state index contributed by atoms with van der Waals surface area (Å²) in [7, 11) is 0.